The van der Waals surface area contributed by atoms with Gasteiger partial charge in [-0.25, -0.2) is 0 Å². The Morgan fingerprint density at radius 3 is 2.88 bits per heavy atom. The molecule has 0 aliphatic rings. The van der Waals surface area contributed by atoms with Crippen molar-refractivity contribution in [1.29, 1.82) is 5.26 Å². The summed E-state index contributed by atoms with van der Waals surface area (Å²) in [6.45, 7) is 1.86. The minimum absolute atomic E-state index is 0.0712. The van der Waals surface area contributed by atoms with Gasteiger partial charge in [0.15, 0.2) is 0 Å². The highest BCUT2D eigenvalue weighted by Gasteiger charge is 2.19. The van der Waals surface area contributed by atoms with Crippen LogP contribution in [0.15, 0.2) is 22.7 Å². The molecule has 90 valence electrons. The van der Waals surface area contributed by atoms with Crippen molar-refractivity contribution in [1.82, 2.24) is 4.90 Å². The number of nitriles is 1. The van der Waals surface area contributed by atoms with E-state index in [9.17, 15) is 4.79 Å². The first kappa shape index (κ1) is 14.5. The Morgan fingerprint density at radius 1 is 1.65 bits per heavy atom. The summed E-state index contributed by atoms with van der Waals surface area (Å²) in [5, 5.41) is 8.64. The molecule has 1 amide bonds. The Balaban J connectivity index is 2.96. The summed E-state index contributed by atoms with van der Waals surface area (Å²) in [6.07, 6.45) is 0.337. The Bertz CT molecular complexity index is 470. The lowest BCUT2D eigenvalue weighted by molar-refractivity contribution is 0.0745. The Morgan fingerprint density at radius 2 is 2.29 bits per heavy atom. The Kier molecular flexibility index (Phi) is 5.40. The van der Waals surface area contributed by atoms with Gasteiger partial charge in [-0.15, -0.1) is 0 Å². The number of amides is 1. The molecule has 0 saturated carbocycles. The van der Waals surface area contributed by atoms with Crippen LogP contribution < -0.4 is 0 Å². The van der Waals surface area contributed by atoms with Crippen LogP contribution in [0.2, 0.25) is 0 Å². The van der Waals surface area contributed by atoms with Crippen molar-refractivity contribution in [3.63, 3.8) is 0 Å². The predicted octanol–water partition coefficient (Wildman–Crippen LogP) is 3.43. The molecule has 0 radical (unpaired) electrons. The van der Waals surface area contributed by atoms with Gasteiger partial charge in [0, 0.05) is 21.1 Å². The van der Waals surface area contributed by atoms with Gasteiger partial charge in [-0.3, -0.25) is 4.79 Å². The van der Waals surface area contributed by atoms with Crippen LogP contribution in [-0.4, -0.2) is 23.9 Å². The van der Waals surface area contributed by atoms with E-state index in [0.717, 1.165) is 8.04 Å². The number of hydrogen-bond donors (Lipinski definition) is 0. The van der Waals surface area contributed by atoms with Gasteiger partial charge in [0.05, 0.1) is 18.1 Å². The lowest BCUT2D eigenvalue weighted by Gasteiger charge is -2.23. The van der Waals surface area contributed by atoms with E-state index < -0.39 is 0 Å². The van der Waals surface area contributed by atoms with Crippen LogP contribution in [0.4, 0.5) is 0 Å². The number of benzene rings is 1. The third-order valence-electron chi connectivity index (χ3n) is 2.53. The van der Waals surface area contributed by atoms with E-state index in [-0.39, 0.29) is 11.9 Å². The van der Waals surface area contributed by atoms with Crippen molar-refractivity contribution < 1.29 is 4.79 Å². The molecule has 1 atom stereocenters. The summed E-state index contributed by atoms with van der Waals surface area (Å²) < 4.78 is 1.79. The standard InChI is InChI=1S/C12H12BrIN2O/c1-8(5-6-15)16(2)12(17)10-7-9(14)3-4-11(10)13/h3-4,7-8H,5H2,1-2H3. The fourth-order valence-electron chi connectivity index (χ4n) is 1.32. The van der Waals surface area contributed by atoms with Gasteiger partial charge < -0.3 is 4.90 Å². The highest BCUT2D eigenvalue weighted by atomic mass is 127. The van der Waals surface area contributed by atoms with Gasteiger partial charge in [0.25, 0.3) is 5.91 Å². The van der Waals surface area contributed by atoms with Crippen molar-refractivity contribution in [2.75, 3.05) is 7.05 Å². The first-order valence-electron chi connectivity index (χ1n) is 5.06. The maximum Gasteiger partial charge on any atom is 0.255 e. The molecule has 0 saturated heterocycles. The van der Waals surface area contributed by atoms with Gasteiger partial charge >= 0.3 is 0 Å². The minimum atomic E-state index is -0.0859. The molecule has 0 fully saturated rings. The van der Waals surface area contributed by atoms with E-state index in [1.807, 2.05) is 25.1 Å². The van der Waals surface area contributed by atoms with Crippen LogP contribution in [0, 0.1) is 14.9 Å². The van der Waals surface area contributed by atoms with Crippen LogP contribution in [-0.2, 0) is 0 Å². The second-order valence-corrected chi connectivity index (χ2v) is 5.85. The Labute approximate surface area is 123 Å². The van der Waals surface area contributed by atoms with E-state index in [0.29, 0.717) is 12.0 Å². The summed E-state index contributed by atoms with van der Waals surface area (Å²) in [6, 6.07) is 7.61. The van der Waals surface area contributed by atoms with Crippen molar-refractivity contribution in [2.45, 2.75) is 19.4 Å². The zero-order valence-electron chi connectivity index (χ0n) is 9.58. The first-order chi connectivity index (χ1) is 7.97. The molecule has 1 aromatic rings. The van der Waals surface area contributed by atoms with E-state index in [1.165, 1.54) is 0 Å². The molecule has 17 heavy (non-hydrogen) atoms. The van der Waals surface area contributed by atoms with Crippen molar-refractivity contribution in [2.24, 2.45) is 0 Å². The largest absolute Gasteiger partial charge is 0.338 e. The normalized spacial score (nSPS) is 11.7. The number of nitrogens with zero attached hydrogens (tertiary/aromatic N) is 2. The molecule has 5 heteroatoms. The van der Waals surface area contributed by atoms with Crippen LogP contribution >= 0.6 is 38.5 Å². The molecule has 3 nitrogen and oxygen atoms in total. The van der Waals surface area contributed by atoms with E-state index in [2.05, 4.69) is 44.6 Å². The van der Waals surface area contributed by atoms with E-state index in [1.54, 1.807) is 11.9 Å². The number of carbonyl (C=O) groups excluding carboxylic acids is 1. The maximum absolute atomic E-state index is 12.2. The molecule has 1 aromatic carbocycles. The molecule has 1 rings (SSSR count). The smallest absolute Gasteiger partial charge is 0.255 e. The summed E-state index contributed by atoms with van der Waals surface area (Å²) in [7, 11) is 1.72. The van der Waals surface area contributed by atoms with Crippen molar-refractivity contribution >= 4 is 44.4 Å². The number of rotatable bonds is 3. The highest BCUT2D eigenvalue weighted by molar-refractivity contribution is 14.1. The summed E-state index contributed by atoms with van der Waals surface area (Å²) in [5.41, 5.74) is 0.629. The zero-order valence-corrected chi connectivity index (χ0v) is 13.3. The minimum Gasteiger partial charge on any atom is -0.338 e. The van der Waals surface area contributed by atoms with Crippen LogP contribution in [0.1, 0.15) is 23.7 Å². The number of carbonyl (C=O) groups is 1. The molecule has 0 aliphatic heterocycles. The van der Waals surface area contributed by atoms with Gasteiger partial charge in [-0.05, 0) is 63.6 Å². The number of halogens is 2. The first-order valence-corrected chi connectivity index (χ1v) is 6.93. The van der Waals surface area contributed by atoms with Gasteiger partial charge in [0.1, 0.15) is 0 Å². The van der Waals surface area contributed by atoms with Crippen LogP contribution in [0.3, 0.4) is 0 Å². The van der Waals surface area contributed by atoms with Gasteiger partial charge in [-0.2, -0.15) is 5.26 Å². The molecule has 0 spiro atoms. The average molecular weight is 407 g/mol. The van der Waals surface area contributed by atoms with Gasteiger partial charge in [-0.1, -0.05) is 0 Å². The highest BCUT2D eigenvalue weighted by Crippen LogP contribution is 2.21. The number of hydrogen-bond acceptors (Lipinski definition) is 2. The molecule has 0 bridgehead atoms. The summed E-state index contributed by atoms with van der Waals surface area (Å²) in [5.74, 6) is -0.0712. The second-order valence-electron chi connectivity index (χ2n) is 3.75. The molecular weight excluding hydrogens is 395 g/mol. The molecule has 0 aromatic heterocycles. The Hall–Kier alpha value is -0.610. The monoisotopic (exact) mass is 406 g/mol. The lowest BCUT2D eigenvalue weighted by Crippen LogP contribution is -2.35. The van der Waals surface area contributed by atoms with E-state index in [4.69, 9.17) is 5.26 Å². The van der Waals surface area contributed by atoms with Crippen molar-refractivity contribution in [3.05, 3.63) is 31.8 Å². The third-order valence-corrected chi connectivity index (χ3v) is 3.89. The summed E-state index contributed by atoms with van der Waals surface area (Å²) >= 11 is 5.54. The SMILES string of the molecule is CC(CC#N)N(C)C(=O)c1cc(I)ccc1Br. The van der Waals surface area contributed by atoms with Crippen LogP contribution in [0.5, 0.6) is 0 Å². The molecule has 0 heterocycles. The molecule has 0 N–H and O–H groups in total. The fourth-order valence-corrected chi connectivity index (χ4v) is 2.23. The third kappa shape index (κ3) is 3.68. The molecule has 0 aliphatic carbocycles. The zero-order chi connectivity index (χ0) is 13.0. The fraction of sp³-hybridized carbons (Fsp3) is 0.333. The average Bonchev–Trinajstić information content (AvgIpc) is 2.30. The summed E-state index contributed by atoms with van der Waals surface area (Å²) in [4.78, 5) is 13.8. The van der Waals surface area contributed by atoms with Crippen molar-refractivity contribution in [3.8, 4) is 6.07 Å². The molecule has 1 unspecified atom stereocenters. The predicted molar refractivity (Wildman–Crippen MR) is 78.6 cm³/mol. The van der Waals surface area contributed by atoms with Gasteiger partial charge in [0.2, 0.25) is 0 Å². The van der Waals surface area contributed by atoms with Crippen LogP contribution in [0.25, 0.3) is 0 Å². The molecular formula is C12H12BrIN2O. The maximum atomic E-state index is 12.2. The quantitative estimate of drug-likeness (QED) is 0.722. The van der Waals surface area contributed by atoms with E-state index >= 15 is 0 Å². The topological polar surface area (TPSA) is 44.1 Å². The lowest BCUT2D eigenvalue weighted by atomic mass is 10.1. The second kappa shape index (κ2) is 6.36.